The fourth-order valence-corrected chi connectivity index (χ4v) is 5.23. The molecule has 0 bridgehead atoms. The maximum atomic E-state index is 8.36. The fraction of sp³-hybridized carbons (Fsp3) is 0.400. The van der Waals surface area contributed by atoms with Gasteiger partial charge in [-0.15, -0.1) is 10.2 Å². The second kappa shape index (κ2) is 11.5. The first kappa shape index (κ1) is 25.6. The van der Waals surface area contributed by atoms with E-state index in [1.54, 1.807) is 11.8 Å². The van der Waals surface area contributed by atoms with Gasteiger partial charge in [0.1, 0.15) is 11.5 Å². The first-order valence-electron chi connectivity index (χ1n) is 11.8. The molecule has 1 aromatic carbocycles. The molecule has 0 saturated carbocycles. The van der Waals surface area contributed by atoms with Crippen LogP contribution < -0.4 is 0 Å². The molecule has 0 spiro atoms. The van der Waals surface area contributed by atoms with Gasteiger partial charge in [0.2, 0.25) is 0 Å². The summed E-state index contributed by atoms with van der Waals surface area (Å²) in [4.78, 5) is 10.9. The molecule has 10 nitrogen and oxygen atoms in total. The average Bonchev–Trinajstić information content (AvgIpc) is 3.50. The van der Waals surface area contributed by atoms with Crippen LogP contribution in [-0.4, -0.2) is 71.6 Å². The van der Waals surface area contributed by atoms with E-state index in [1.807, 2.05) is 38.0 Å². The van der Waals surface area contributed by atoms with Gasteiger partial charge < -0.3 is 19.1 Å². The lowest BCUT2D eigenvalue weighted by Gasteiger charge is -2.19. The van der Waals surface area contributed by atoms with Gasteiger partial charge >= 0.3 is 0 Å². The minimum absolute atomic E-state index is 0.250. The predicted molar refractivity (Wildman–Crippen MR) is 138 cm³/mol. The van der Waals surface area contributed by atoms with Crippen LogP contribution in [0.4, 0.5) is 0 Å². The number of fused-ring (bicyclic) bond motifs is 1. The van der Waals surface area contributed by atoms with E-state index in [1.165, 1.54) is 11.1 Å². The number of nitrogens with zero attached hydrogens (tertiary/aromatic N) is 7. The zero-order valence-corrected chi connectivity index (χ0v) is 21.8. The molecule has 4 aromatic rings. The Labute approximate surface area is 214 Å². The molecule has 11 heteroatoms. The summed E-state index contributed by atoms with van der Waals surface area (Å²) in [5.41, 5.74) is 7.04. The molecule has 0 amide bonds. The van der Waals surface area contributed by atoms with E-state index in [0.717, 1.165) is 77.5 Å². The zero-order valence-electron chi connectivity index (χ0n) is 21.0. The topological polar surface area (TPSA) is 115 Å². The van der Waals surface area contributed by atoms with Gasteiger partial charge in [0.25, 0.3) is 6.47 Å². The Hall–Kier alpha value is -3.44. The van der Waals surface area contributed by atoms with E-state index in [2.05, 4.69) is 55.0 Å². The van der Waals surface area contributed by atoms with Crippen LogP contribution in [0, 0.1) is 13.8 Å². The van der Waals surface area contributed by atoms with E-state index in [0.29, 0.717) is 0 Å². The van der Waals surface area contributed by atoms with E-state index >= 15 is 0 Å². The van der Waals surface area contributed by atoms with Crippen molar-refractivity contribution in [2.24, 2.45) is 14.1 Å². The van der Waals surface area contributed by atoms with Crippen LogP contribution in [0.3, 0.4) is 0 Å². The lowest BCUT2D eigenvalue weighted by molar-refractivity contribution is -0.122. The van der Waals surface area contributed by atoms with Gasteiger partial charge in [-0.25, -0.2) is 0 Å². The molecule has 5 rings (SSSR count). The van der Waals surface area contributed by atoms with Crippen LogP contribution in [0.5, 0.6) is 0 Å². The van der Waals surface area contributed by atoms with Gasteiger partial charge in [0.15, 0.2) is 11.0 Å². The molecule has 0 radical (unpaired) electrons. The molecule has 0 atom stereocenters. The molecule has 0 aliphatic carbocycles. The summed E-state index contributed by atoms with van der Waals surface area (Å²) in [6.45, 7) is 6.90. The molecule has 36 heavy (non-hydrogen) atoms. The Balaban J connectivity index is 0.000000967. The highest BCUT2D eigenvalue weighted by Gasteiger charge is 2.18. The summed E-state index contributed by atoms with van der Waals surface area (Å²) in [5, 5.41) is 25.2. The highest BCUT2D eigenvalue weighted by molar-refractivity contribution is 7.99. The number of hydrogen-bond acceptors (Lipinski definition) is 8. The van der Waals surface area contributed by atoms with E-state index < -0.39 is 0 Å². The Morgan fingerprint density at radius 2 is 1.86 bits per heavy atom. The number of thioether (sulfide) groups is 1. The van der Waals surface area contributed by atoms with Gasteiger partial charge in [-0.05, 0) is 43.9 Å². The summed E-state index contributed by atoms with van der Waals surface area (Å²) < 4.78 is 9.19. The molecule has 3 aromatic heterocycles. The summed E-state index contributed by atoms with van der Waals surface area (Å²) in [5.74, 6) is 2.69. The van der Waals surface area contributed by atoms with Crippen LogP contribution >= 0.6 is 11.8 Å². The monoisotopic (exact) mass is 509 g/mol. The zero-order chi connectivity index (χ0) is 25.7. The third-order valence-corrected chi connectivity index (χ3v) is 7.47. The lowest BCUT2D eigenvalue weighted by Crippen LogP contribution is -2.28. The Morgan fingerprint density at radius 3 is 2.53 bits per heavy atom. The fourth-order valence-electron chi connectivity index (χ4n) is 4.32. The molecule has 0 unspecified atom stereocenters. The van der Waals surface area contributed by atoms with Gasteiger partial charge in [-0.2, -0.15) is 5.10 Å². The van der Waals surface area contributed by atoms with Crippen LogP contribution in [0.25, 0.3) is 22.6 Å². The third-order valence-electron chi connectivity index (χ3n) is 6.47. The molecule has 190 valence electrons. The third kappa shape index (κ3) is 5.68. The predicted octanol–water partition coefficient (Wildman–Crippen LogP) is 3.38. The maximum Gasteiger partial charge on any atom is 0.290 e. The molecular formula is C25H31N7O3S. The largest absolute Gasteiger partial charge is 0.483 e. The minimum Gasteiger partial charge on any atom is -0.483 e. The van der Waals surface area contributed by atoms with Crippen molar-refractivity contribution >= 4 is 18.2 Å². The summed E-state index contributed by atoms with van der Waals surface area (Å²) in [6, 6.07) is 8.70. The average molecular weight is 510 g/mol. The van der Waals surface area contributed by atoms with Gasteiger partial charge in [-0.3, -0.25) is 9.48 Å². The van der Waals surface area contributed by atoms with Crippen molar-refractivity contribution < 1.29 is 14.4 Å². The standard InChI is InChI=1S/C24H29N7OS.CH2O2/c1-16-13-22(28-32-16)20-6-5-18-7-9-31(10-8-19(18)14-20)11-12-33-24-27-26-23(29(24)3)21-15-25-30(4)17(21)2;2-1-3/h5-6,13-15H,7-12H2,1-4H3;1H,(H,2,3). The lowest BCUT2D eigenvalue weighted by atomic mass is 9.99. The second-order valence-electron chi connectivity index (χ2n) is 8.73. The van der Waals surface area contributed by atoms with Crippen molar-refractivity contribution in [1.29, 1.82) is 0 Å². The van der Waals surface area contributed by atoms with Crippen LogP contribution in [0.15, 0.2) is 40.1 Å². The first-order valence-corrected chi connectivity index (χ1v) is 12.8. The minimum atomic E-state index is -0.250. The Morgan fingerprint density at radius 1 is 1.11 bits per heavy atom. The highest BCUT2D eigenvalue weighted by Crippen LogP contribution is 2.26. The number of carboxylic acid groups (broad SMARTS) is 1. The summed E-state index contributed by atoms with van der Waals surface area (Å²) in [7, 11) is 3.97. The first-order chi connectivity index (χ1) is 17.4. The van der Waals surface area contributed by atoms with E-state index in [-0.39, 0.29) is 6.47 Å². The molecular weight excluding hydrogens is 478 g/mol. The van der Waals surface area contributed by atoms with Crippen LogP contribution in [-0.2, 0) is 31.7 Å². The van der Waals surface area contributed by atoms with Crippen molar-refractivity contribution in [3.63, 3.8) is 0 Å². The smallest absolute Gasteiger partial charge is 0.290 e. The van der Waals surface area contributed by atoms with Crippen molar-refractivity contribution in [3.8, 4) is 22.6 Å². The van der Waals surface area contributed by atoms with Crippen LogP contribution in [0.2, 0.25) is 0 Å². The quantitative estimate of drug-likeness (QED) is 0.308. The molecule has 1 aliphatic heterocycles. The van der Waals surface area contributed by atoms with Crippen molar-refractivity contribution in [3.05, 3.63) is 53.0 Å². The number of aromatic nitrogens is 6. The number of rotatable bonds is 6. The molecule has 1 N–H and O–H groups in total. The van der Waals surface area contributed by atoms with Crippen molar-refractivity contribution in [1.82, 2.24) is 34.6 Å². The molecule has 1 aliphatic rings. The van der Waals surface area contributed by atoms with Crippen molar-refractivity contribution in [2.45, 2.75) is 31.8 Å². The van der Waals surface area contributed by atoms with Gasteiger partial charge in [0.05, 0.1) is 11.8 Å². The van der Waals surface area contributed by atoms with Crippen LogP contribution in [0.1, 0.15) is 22.6 Å². The molecule has 4 heterocycles. The number of hydrogen-bond donors (Lipinski definition) is 1. The molecule has 0 fully saturated rings. The van der Waals surface area contributed by atoms with E-state index in [4.69, 9.17) is 14.4 Å². The number of benzene rings is 1. The maximum absolute atomic E-state index is 8.36. The summed E-state index contributed by atoms with van der Waals surface area (Å²) >= 11 is 1.76. The van der Waals surface area contributed by atoms with E-state index in [9.17, 15) is 0 Å². The van der Waals surface area contributed by atoms with Gasteiger partial charge in [0, 0.05) is 56.8 Å². The summed E-state index contributed by atoms with van der Waals surface area (Å²) in [6.07, 6.45) is 3.99. The number of carbonyl (C=O) groups is 1. The number of aryl methyl sites for hydroxylation is 2. The van der Waals surface area contributed by atoms with Gasteiger partial charge in [-0.1, -0.05) is 29.1 Å². The molecule has 0 saturated heterocycles. The second-order valence-corrected chi connectivity index (χ2v) is 9.80. The normalized spacial score (nSPS) is 13.6. The Bertz CT molecular complexity index is 1330. The Kier molecular flexibility index (Phi) is 8.21. The van der Waals surface area contributed by atoms with Crippen molar-refractivity contribution in [2.75, 3.05) is 25.4 Å². The SMILES string of the molecule is Cc1cc(-c2ccc3c(c2)CCN(CCSc2nnc(-c4cnn(C)c4C)n2C)CC3)no1.O=CO. The highest BCUT2D eigenvalue weighted by atomic mass is 32.2.